The lowest BCUT2D eigenvalue weighted by molar-refractivity contribution is 0.628. The van der Waals surface area contributed by atoms with E-state index in [0.29, 0.717) is 17.3 Å². The van der Waals surface area contributed by atoms with Gasteiger partial charge >= 0.3 is 0 Å². The normalized spacial score (nSPS) is 12.5. The molecule has 0 amide bonds. The number of nitrogens with two attached hydrogens (primary N) is 2. The minimum Gasteiger partial charge on any atom is -0.384 e. The molecule has 3 aromatic rings. The van der Waals surface area contributed by atoms with E-state index in [9.17, 15) is 9.18 Å². The van der Waals surface area contributed by atoms with Crippen LogP contribution in [0, 0.1) is 5.82 Å². The van der Waals surface area contributed by atoms with E-state index in [1.165, 1.54) is 10.8 Å². The predicted octanol–water partition coefficient (Wildman–Crippen LogP) is 2.18. The van der Waals surface area contributed by atoms with Gasteiger partial charge in [0.2, 0.25) is 0 Å². The van der Waals surface area contributed by atoms with Gasteiger partial charge in [0, 0.05) is 0 Å². The molecule has 1 aromatic carbocycles. The van der Waals surface area contributed by atoms with Crippen LogP contribution in [0.4, 0.5) is 10.2 Å². The summed E-state index contributed by atoms with van der Waals surface area (Å²) in [7, 11) is 0. The summed E-state index contributed by atoms with van der Waals surface area (Å²) in [5, 5.41) is 0.123. The van der Waals surface area contributed by atoms with Crippen molar-refractivity contribution in [2.75, 3.05) is 5.73 Å². The van der Waals surface area contributed by atoms with Gasteiger partial charge in [0.15, 0.2) is 0 Å². The maximum atomic E-state index is 13.6. The van der Waals surface area contributed by atoms with Crippen molar-refractivity contribution in [3.05, 3.63) is 57.5 Å². The summed E-state index contributed by atoms with van der Waals surface area (Å²) in [6.07, 6.45) is 1.43. The van der Waals surface area contributed by atoms with Crippen molar-refractivity contribution >= 4 is 28.3 Å². The first-order valence-electron chi connectivity index (χ1n) is 6.77. The molecule has 3 rings (SSSR count). The van der Waals surface area contributed by atoms with E-state index in [1.807, 2.05) is 0 Å². The third-order valence-electron chi connectivity index (χ3n) is 3.35. The van der Waals surface area contributed by atoms with Gasteiger partial charge in [0.1, 0.15) is 17.5 Å². The number of nitrogen functional groups attached to an aromatic ring is 1. The quantitative estimate of drug-likeness (QED) is 0.748. The van der Waals surface area contributed by atoms with Gasteiger partial charge in [-0.05, 0) is 31.2 Å². The Morgan fingerprint density at radius 1 is 1.35 bits per heavy atom. The van der Waals surface area contributed by atoms with Gasteiger partial charge in [-0.2, -0.15) is 0 Å². The monoisotopic (exact) mass is 333 g/mol. The number of nitrogens with zero attached hydrogens (tertiary/aromatic N) is 3. The fraction of sp³-hybridized carbons (Fsp3) is 0.133. The van der Waals surface area contributed by atoms with Gasteiger partial charge in [-0.1, -0.05) is 11.6 Å². The summed E-state index contributed by atoms with van der Waals surface area (Å²) in [5.41, 5.74) is 11.7. The molecule has 0 aliphatic heterocycles. The number of fused-ring (bicyclic) bond motifs is 1. The van der Waals surface area contributed by atoms with Gasteiger partial charge in [0.25, 0.3) is 5.56 Å². The highest BCUT2D eigenvalue weighted by atomic mass is 35.5. The van der Waals surface area contributed by atoms with Crippen molar-refractivity contribution in [3.8, 4) is 5.69 Å². The average molecular weight is 334 g/mol. The molecule has 0 fully saturated rings. The molecule has 4 N–H and O–H groups in total. The SMILES string of the molecule is CC(N)c1nc2c(Cl)cc(F)cc2c(=O)n1-c1ccc(N)nc1. The first-order valence-corrected chi connectivity index (χ1v) is 7.15. The minimum atomic E-state index is -0.614. The second-order valence-corrected chi connectivity index (χ2v) is 5.53. The summed E-state index contributed by atoms with van der Waals surface area (Å²) in [5.74, 6) is -0.00788. The average Bonchev–Trinajstić information content (AvgIpc) is 2.49. The zero-order chi connectivity index (χ0) is 16.7. The number of benzene rings is 1. The van der Waals surface area contributed by atoms with Gasteiger partial charge < -0.3 is 11.5 Å². The lowest BCUT2D eigenvalue weighted by Crippen LogP contribution is -2.27. The lowest BCUT2D eigenvalue weighted by atomic mass is 10.2. The van der Waals surface area contributed by atoms with E-state index >= 15 is 0 Å². The fourth-order valence-electron chi connectivity index (χ4n) is 2.32. The summed E-state index contributed by atoms with van der Waals surface area (Å²) >= 11 is 6.01. The molecule has 2 heterocycles. The number of pyridine rings is 1. The maximum absolute atomic E-state index is 13.6. The number of hydrogen-bond acceptors (Lipinski definition) is 5. The molecule has 118 valence electrons. The van der Waals surface area contributed by atoms with Crippen molar-refractivity contribution in [1.82, 2.24) is 14.5 Å². The second-order valence-electron chi connectivity index (χ2n) is 5.12. The van der Waals surface area contributed by atoms with E-state index < -0.39 is 17.4 Å². The second kappa shape index (κ2) is 5.60. The van der Waals surface area contributed by atoms with Gasteiger partial charge in [-0.15, -0.1) is 0 Å². The van der Waals surface area contributed by atoms with Crippen molar-refractivity contribution in [1.29, 1.82) is 0 Å². The Bertz CT molecular complexity index is 953. The summed E-state index contributed by atoms with van der Waals surface area (Å²) in [4.78, 5) is 21.1. The fourth-order valence-corrected chi connectivity index (χ4v) is 2.56. The molecule has 0 spiro atoms. The molecule has 2 aromatic heterocycles. The molecule has 8 heteroatoms. The molecule has 1 unspecified atom stereocenters. The minimum absolute atomic E-state index is 0.0570. The standard InChI is InChI=1S/C15H13ClFN5O/c1-7(18)14-21-13-10(4-8(17)5-11(13)16)15(23)22(14)9-2-3-12(19)20-6-9/h2-7H,18H2,1H3,(H2,19,20). The van der Waals surface area contributed by atoms with Crippen LogP contribution in [0.5, 0.6) is 0 Å². The summed E-state index contributed by atoms with van der Waals surface area (Å²) in [6.45, 7) is 1.69. The van der Waals surface area contributed by atoms with Crippen LogP contribution in [0.3, 0.4) is 0 Å². The van der Waals surface area contributed by atoms with Crippen LogP contribution in [0.2, 0.25) is 5.02 Å². The van der Waals surface area contributed by atoms with Crippen molar-refractivity contribution in [2.24, 2.45) is 5.73 Å². The topological polar surface area (TPSA) is 99.8 Å². The Hall–Kier alpha value is -2.51. The molecule has 23 heavy (non-hydrogen) atoms. The van der Waals surface area contributed by atoms with Gasteiger partial charge in [-0.25, -0.2) is 14.4 Å². The molecule has 0 aliphatic carbocycles. The van der Waals surface area contributed by atoms with E-state index in [4.69, 9.17) is 23.1 Å². The highest BCUT2D eigenvalue weighted by molar-refractivity contribution is 6.35. The van der Waals surface area contributed by atoms with Crippen LogP contribution in [-0.4, -0.2) is 14.5 Å². The van der Waals surface area contributed by atoms with Crippen LogP contribution < -0.4 is 17.0 Å². The first-order chi connectivity index (χ1) is 10.9. The van der Waals surface area contributed by atoms with E-state index in [1.54, 1.807) is 19.1 Å². The number of hydrogen-bond donors (Lipinski definition) is 2. The van der Waals surface area contributed by atoms with Crippen LogP contribution in [-0.2, 0) is 0 Å². The molecular formula is C15H13ClFN5O. The summed E-state index contributed by atoms with van der Waals surface area (Å²) < 4.78 is 14.9. The number of rotatable bonds is 2. The zero-order valence-corrected chi connectivity index (χ0v) is 12.9. The Balaban J connectivity index is 2.44. The Kier molecular flexibility index (Phi) is 3.75. The summed E-state index contributed by atoms with van der Waals surface area (Å²) in [6, 6.07) is 4.82. The van der Waals surface area contributed by atoms with Gasteiger partial charge in [-0.3, -0.25) is 9.36 Å². The van der Waals surface area contributed by atoms with Crippen LogP contribution >= 0.6 is 11.6 Å². The maximum Gasteiger partial charge on any atom is 0.266 e. The molecule has 0 saturated heterocycles. The number of halogens is 2. The Morgan fingerprint density at radius 3 is 2.70 bits per heavy atom. The van der Waals surface area contributed by atoms with Crippen LogP contribution in [0.15, 0.2) is 35.3 Å². The molecule has 6 nitrogen and oxygen atoms in total. The molecule has 0 saturated carbocycles. The number of anilines is 1. The number of aromatic nitrogens is 3. The Morgan fingerprint density at radius 2 is 2.09 bits per heavy atom. The highest BCUT2D eigenvalue weighted by Crippen LogP contribution is 2.23. The molecular weight excluding hydrogens is 321 g/mol. The molecule has 0 aliphatic rings. The third-order valence-corrected chi connectivity index (χ3v) is 3.64. The van der Waals surface area contributed by atoms with E-state index in [-0.39, 0.29) is 15.9 Å². The first kappa shape index (κ1) is 15.4. The van der Waals surface area contributed by atoms with Crippen LogP contribution in [0.1, 0.15) is 18.8 Å². The highest BCUT2D eigenvalue weighted by Gasteiger charge is 2.18. The van der Waals surface area contributed by atoms with Crippen molar-refractivity contribution in [2.45, 2.75) is 13.0 Å². The molecule has 1 atom stereocenters. The molecule has 0 bridgehead atoms. The van der Waals surface area contributed by atoms with Crippen LogP contribution in [0.25, 0.3) is 16.6 Å². The van der Waals surface area contributed by atoms with Crippen molar-refractivity contribution < 1.29 is 4.39 Å². The molecule has 0 radical (unpaired) electrons. The van der Waals surface area contributed by atoms with Gasteiger partial charge in [0.05, 0.1) is 33.9 Å². The smallest absolute Gasteiger partial charge is 0.266 e. The Labute approximate surface area is 135 Å². The third kappa shape index (κ3) is 2.64. The largest absolute Gasteiger partial charge is 0.384 e. The van der Waals surface area contributed by atoms with E-state index in [0.717, 1.165) is 12.1 Å². The van der Waals surface area contributed by atoms with E-state index in [2.05, 4.69) is 9.97 Å². The van der Waals surface area contributed by atoms with Crippen molar-refractivity contribution in [3.63, 3.8) is 0 Å². The lowest BCUT2D eigenvalue weighted by Gasteiger charge is -2.16. The predicted molar refractivity (Wildman–Crippen MR) is 87.1 cm³/mol. The zero-order valence-electron chi connectivity index (χ0n) is 12.1.